The summed E-state index contributed by atoms with van der Waals surface area (Å²) in [5.41, 5.74) is -1.99. The Bertz CT molecular complexity index is 816. The molecule has 2 rings (SSSR count). The van der Waals surface area contributed by atoms with Crippen molar-refractivity contribution < 1.29 is 26.7 Å². The van der Waals surface area contributed by atoms with Gasteiger partial charge in [-0.25, -0.2) is 8.78 Å². The number of carbonyl (C=O) groups is 1. The summed E-state index contributed by atoms with van der Waals surface area (Å²) in [6, 6.07) is 7.69. The topological polar surface area (TPSA) is 53.2 Å². The van der Waals surface area contributed by atoms with E-state index in [9.17, 15) is 26.7 Å². The Hall–Kier alpha value is -2.94. The van der Waals surface area contributed by atoms with Gasteiger partial charge in [-0.05, 0) is 37.4 Å². The van der Waals surface area contributed by atoms with Crippen LogP contribution in [0.25, 0.3) is 0 Å². The van der Waals surface area contributed by atoms with Gasteiger partial charge in [-0.2, -0.15) is 13.2 Å². The molecule has 0 aromatic heterocycles. The molecule has 0 heterocycles. The Morgan fingerprint density at radius 2 is 1.67 bits per heavy atom. The van der Waals surface area contributed by atoms with E-state index in [-0.39, 0.29) is 0 Å². The van der Waals surface area contributed by atoms with Crippen molar-refractivity contribution in [3.05, 3.63) is 77.5 Å². The lowest BCUT2D eigenvalue weighted by Gasteiger charge is -2.17. The van der Waals surface area contributed by atoms with Crippen LogP contribution in [0.3, 0.4) is 0 Å². The third-order valence-corrected chi connectivity index (χ3v) is 3.55. The van der Waals surface area contributed by atoms with Crippen molar-refractivity contribution in [1.29, 1.82) is 0 Å². The lowest BCUT2D eigenvalue weighted by molar-refractivity contribution is -0.137. The maximum atomic E-state index is 13.5. The molecule has 1 amide bonds. The van der Waals surface area contributed by atoms with Gasteiger partial charge < -0.3 is 10.6 Å². The van der Waals surface area contributed by atoms with E-state index in [1.54, 1.807) is 0 Å². The molecule has 0 bridgehead atoms. The third kappa shape index (κ3) is 5.27. The van der Waals surface area contributed by atoms with Crippen molar-refractivity contribution in [3.63, 3.8) is 0 Å². The molecule has 0 fully saturated rings. The number of para-hydroxylation sites is 1. The molecule has 3 N–H and O–H groups in total. The molecule has 144 valence electrons. The van der Waals surface area contributed by atoms with Crippen molar-refractivity contribution in [2.24, 2.45) is 0 Å². The van der Waals surface area contributed by atoms with Gasteiger partial charge in [-0.15, -0.1) is 0 Å². The molecule has 0 aliphatic carbocycles. The van der Waals surface area contributed by atoms with Crippen molar-refractivity contribution in [3.8, 4) is 0 Å². The van der Waals surface area contributed by atoms with Crippen LogP contribution in [0.15, 0.2) is 54.7 Å². The summed E-state index contributed by atoms with van der Waals surface area (Å²) >= 11 is 0. The number of hydrogen-bond donors (Lipinski definition) is 3. The van der Waals surface area contributed by atoms with Gasteiger partial charge in [0, 0.05) is 6.20 Å². The lowest BCUT2D eigenvalue weighted by Crippen LogP contribution is -2.42. The van der Waals surface area contributed by atoms with E-state index < -0.39 is 46.7 Å². The number of benzene rings is 2. The Labute approximate surface area is 152 Å². The van der Waals surface area contributed by atoms with Crippen molar-refractivity contribution in [2.45, 2.75) is 12.3 Å². The minimum Gasteiger partial charge on any atom is -0.357 e. The number of rotatable bonds is 6. The first-order chi connectivity index (χ1) is 12.7. The van der Waals surface area contributed by atoms with Crippen LogP contribution in [0.1, 0.15) is 15.9 Å². The molecule has 2 aromatic carbocycles. The van der Waals surface area contributed by atoms with Crippen LogP contribution in [0, 0.1) is 11.6 Å². The molecule has 2 aromatic rings. The summed E-state index contributed by atoms with van der Waals surface area (Å²) in [7, 11) is 1.45. The predicted molar refractivity (Wildman–Crippen MR) is 90.9 cm³/mol. The van der Waals surface area contributed by atoms with E-state index >= 15 is 0 Å². The van der Waals surface area contributed by atoms with Gasteiger partial charge in [0.15, 0.2) is 0 Å². The fraction of sp³-hybridized carbons (Fsp3) is 0.167. The summed E-state index contributed by atoms with van der Waals surface area (Å²) < 4.78 is 66.0. The van der Waals surface area contributed by atoms with Crippen molar-refractivity contribution in [2.75, 3.05) is 12.4 Å². The van der Waals surface area contributed by atoms with Gasteiger partial charge in [0.05, 0.1) is 11.1 Å². The molecular formula is C18H16F5N3O. The molecule has 0 saturated heterocycles. The molecule has 27 heavy (non-hydrogen) atoms. The molecule has 1 unspecified atom stereocenters. The number of anilines is 1. The third-order valence-electron chi connectivity index (χ3n) is 3.55. The fourth-order valence-corrected chi connectivity index (χ4v) is 2.23. The van der Waals surface area contributed by atoms with Gasteiger partial charge in [-0.1, -0.05) is 18.2 Å². The van der Waals surface area contributed by atoms with Crippen LogP contribution >= 0.6 is 0 Å². The van der Waals surface area contributed by atoms with Crippen LogP contribution in [0.5, 0.6) is 0 Å². The second-order valence-electron chi connectivity index (χ2n) is 5.38. The maximum absolute atomic E-state index is 13.5. The van der Waals surface area contributed by atoms with Gasteiger partial charge in [0.2, 0.25) is 0 Å². The highest BCUT2D eigenvalue weighted by Crippen LogP contribution is 2.31. The number of nitrogens with one attached hydrogen (secondary N) is 3. The molecule has 0 aliphatic rings. The van der Waals surface area contributed by atoms with Crippen LogP contribution in [-0.2, 0) is 6.18 Å². The largest absolute Gasteiger partial charge is 0.417 e. The monoisotopic (exact) mass is 385 g/mol. The van der Waals surface area contributed by atoms with Crippen molar-refractivity contribution in [1.82, 2.24) is 10.6 Å². The first kappa shape index (κ1) is 20.4. The molecule has 0 saturated carbocycles. The number of alkyl halides is 3. The van der Waals surface area contributed by atoms with E-state index in [1.165, 1.54) is 37.5 Å². The minimum absolute atomic E-state index is 0.391. The zero-order valence-electron chi connectivity index (χ0n) is 14.1. The highest BCUT2D eigenvalue weighted by Gasteiger charge is 2.35. The van der Waals surface area contributed by atoms with Crippen LogP contribution in [0.2, 0.25) is 0 Å². The minimum atomic E-state index is -4.68. The standard InChI is InChI=1S/C18H16F5N3O/c1-24-15(9-10-25-16-13(19)7-4-8-14(16)20)26-17(27)11-5-2-3-6-12(11)18(21,22)23/h2-10,15,24-25H,1H3,(H,26,27)/b10-9-. The maximum Gasteiger partial charge on any atom is 0.417 e. The van der Waals surface area contributed by atoms with Gasteiger partial charge in [-0.3, -0.25) is 10.1 Å². The first-order valence-electron chi connectivity index (χ1n) is 7.75. The zero-order valence-corrected chi connectivity index (χ0v) is 14.1. The summed E-state index contributed by atoms with van der Waals surface area (Å²) in [5.74, 6) is -2.59. The number of likely N-dealkylation sites (N-methyl/N-ethyl adjacent to an activating group) is 1. The second kappa shape index (κ2) is 8.63. The van der Waals surface area contributed by atoms with Crippen molar-refractivity contribution >= 4 is 11.6 Å². The molecule has 9 heteroatoms. The Balaban J connectivity index is 2.10. The van der Waals surface area contributed by atoms with E-state index in [4.69, 9.17) is 0 Å². The molecular weight excluding hydrogens is 369 g/mol. The second-order valence-corrected chi connectivity index (χ2v) is 5.38. The van der Waals surface area contributed by atoms with Crippen LogP contribution in [-0.4, -0.2) is 19.1 Å². The molecule has 0 aliphatic heterocycles. The SMILES string of the molecule is CNC(/C=C\Nc1c(F)cccc1F)NC(=O)c1ccccc1C(F)(F)F. The average molecular weight is 385 g/mol. The van der Waals surface area contributed by atoms with Crippen LogP contribution < -0.4 is 16.0 Å². The summed E-state index contributed by atoms with van der Waals surface area (Å²) in [5, 5.41) is 7.39. The van der Waals surface area contributed by atoms with Crippen LogP contribution in [0.4, 0.5) is 27.6 Å². The average Bonchev–Trinajstić information content (AvgIpc) is 2.62. The van der Waals surface area contributed by atoms with E-state index in [0.717, 1.165) is 24.3 Å². The normalized spacial score (nSPS) is 12.8. The van der Waals surface area contributed by atoms with Gasteiger partial charge in [0.1, 0.15) is 23.5 Å². The van der Waals surface area contributed by atoms with E-state index in [0.29, 0.717) is 0 Å². The summed E-state index contributed by atoms with van der Waals surface area (Å²) in [6.07, 6.45) is -3.11. The highest BCUT2D eigenvalue weighted by molar-refractivity contribution is 5.96. The molecule has 0 radical (unpaired) electrons. The van der Waals surface area contributed by atoms with Gasteiger partial charge in [0.25, 0.3) is 5.91 Å². The van der Waals surface area contributed by atoms with Gasteiger partial charge >= 0.3 is 6.18 Å². The summed E-state index contributed by atoms with van der Waals surface area (Å²) in [6.45, 7) is 0. The summed E-state index contributed by atoms with van der Waals surface area (Å²) in [4.78, 5) is 12.2. The quantitative estimate of drug-likeness (QED) is 0.523. The number of carbonyl (C=O) groups excluding carboxylic acids is 1. The molecule has 0 spiro atoms. The lowest BCUT2D eigenvalue weighted by atomic mass is 10.1. The molecule has 4 nitrogen and oxygen atoms in total. The Kier molecular flexibility index (Phi) is 6.51. The number of amides is 1. The number of hydrogen-bond acceptors (Lipinski definition) is 3. The zero-order chi connectivity index (χ0) is 20.0. The smallest absolute Gasteiger partial charge is 0.357 e. The predicted octanol–water partition coefficient (Wildman–Crippen LogP) is 3.88. The first-order valence-corrected chi connectivity index (χ1v) is 7.75. The molecule has 1 atom stereocenters. The van der Waals surface area contributed by atoms with E-state index in [1.807, 2.05) is 0 Å². The fourth-order valence-electron chi connectivity index (χ4n) is 2.23. The Morgan fingerprint density at radius 1 is 1.04 bits per heavy atom. The Morgan fingerprint density at radius 3 is 2.26 bits per heavy atom. The number of halogens is 5. The highest BCUT2D eigenvalue weighted by atomic mass is 19.4. The van der Waals surface area contributed by atoms with E-state index in [2.05, 4.69) is 16.0 Å².